The normalized spacial score (nSPS) is 13.9. The quantitative estimate of drug-likeness (QED) is 0.148. The Bertz CT molecular complexity index is 5420. The fourth-order valence-corrected chi connectivity index (χ4v) is 15.1. The molecule has 1 aliphatic carbocycles. The summed E-state index contributed by atoms with van der Waals surface area (Å²) in [6, 6.07) is 120. The molecule has 2 aliphatic rings. The molecule has 14 aromatic carbocycles. The van der Waals surface area contributed by atoms with Gasteiger partial charge in [-0.3, -0.25) is 0 Å². The maximum absolute atomic E-state index is 2.53. The molecule has 3 heteroatoms. The molecule has 1 unspecified atom stereocenters. The summed E-state index contributed by atoms with van der Waals surface area (Å²) in [5, 5.41) is 7.39. The van der Waals surface area contributed by atoms with Gasteiger partial charge in [-0.25, -0.2) is 0 Å². The van der Waals surface area contributed by atoms with Gasteiger partial charge in [-0.15, -0.1) is 0 Å². The number of hydrogen-bond donors (Lipinski definition) is 0. The fraction of sp³-hybridized carbons (Fsp3) is 0.0120. The Morgan fingerprint density at radius 3 is 1.59 bits per heavy atom. The maximum atomic E-state index is 2.53. The van der Waals surface area contributed by atoms with Crippen molar-refractivity contribution in [1.29, 1.82) is 0 Å². The van der Waals surface area contributed by atoms with Crippen LogP contribution in [0.2, 0.25) is 0 Å². The maximum Gasteiger partial charge on any atom is 0.0754 e. The Kier molecular flexibility index (Phi) is 10.6. The standard InChI is InChI=1S/C83H53N3/c1-3-21-54(22-4-1)56-23-19-24-58(51-56)63-27-10-15-37-76(63)85(61-45-41-55(42-46-61)57-44-49-80-71(52-57)69-32-12-16-38-77(69)84(80)60-25-5-2-6-26-60)79-50-48-62(64-28-7-8-30-67(64)79)59-43-47-66-65-29-9-13-34-72(65)83(75(66)53-59)73-35-14-18-40-81(73)86-78-39-17-11-31-68(78)70-33-20-36-74(83)82(70)86/h1-53H. The van der Waals surface area contributed by atoms with Crippen molar-refractivity contribution in [2.45, 2.75) is 5.41 Å². The highest BCUT2D eigenvalue weighted by Gasteiger charge is 2.51. The van der Waals surface area contributed by atoms with Crippen LogP contribution in [0.25, 0.3) is 121 Å². The van der Waals surface area contributed by atoms with E-state index in [-0.39, 0.29) is 0 Å². The molecule has 3 nitrogen and oxygen atoms in total. The molecule has 0 amide bonds. The zero-order chi connectivity index (χ0) is 56.5. The van der Waals surface area contributed by atoms with Crippen LogP contribution in [0.1, 0.15) is 22.3 Å². The number of anilines is 3. The number of hydrogen-bond acceptors (Lipinski definition) is 1. The molecule has 0 saturated heterocycles. The molecule has 16 aromatic rings. The Balaban J connectivity index is 0.818. The first-order valence-corrected chi connectivity index (χ1v) is 29.8. The molecule has 0 fully saturated rings. The second-order valence-electron chi connectivity index (χ2n) is 23.1. The van der Waals surface area contributed by atoms with E-state index in [9.17, 15) is 0 Å². The Morgan fingerprint density at radius 1 is 0.244 bits per heavy atom. The smallest absolute Gasteiger partial charge is 0.0754 e. The molecule has 1 spiro atoms. The van der Waals surface area contributed by atoms with Gasteiger partial charge in [0.05, 0.1) is 44.5 Å². The van der Waals surface area contributed by atoms with Gasteiger partial charge in [0, 0.05) is 43.9 Å². The minimum absolute atomic E-state index is 0.560. The van der Waals surface area contributed by atoms with Crippen LogP contribution in [0.15, 0.2) is 322 Å². The summed E-state index contributed by atoms with van der Waals surface area (Å²) >= 11 is 0. The van der Waals surface area contributed by atoms with Crippen LogP contribution in [-0.4, -0.2) is 9.13 Å². The predicted molar refractivity (Wildman–Crippen MR) is 360 cm³/mol. The van der Waals surface area contributed by atoms with Crippen LogP contribution in [-0.2, 0) is 5.41 Å². The summed E-state index contributed by atoms with van der Waals surface area (Å²) in [6.45, 7) is 0. The topological polar surface area (TPSA) is 13.1 Å². The van der Waals surface area contributed by atoms with Crippen molar-refractivity contribution < 1.29 is 0 Å². The number of rotatable bonds is 8. The Labute approximate surface area is 498 Å². The van der Waals surface area contributed by atoms with E-state index in [1.165, 1.54) is 116 Å². The first-order chi connectivity index (χ1) is 42.7. The lowest BCUT2D eigenvalue weighted by atomic mass is 9.65. The fourth-order valence-electron chi connectivity index (χ4n) is 15.1. The van der Waals surface area contributed by atoms with E-state index in [1.54, 1.807) is 0 Å². The van der Waals surface area contributed by atoms with Gasteiger partial charge in [0.15, 0.2) is 0 Å². The predicted octanol–water partition coefficient (Wildman–Crippen LogP) is 21.8. The molecule has 1 aliphatic heterocycles. The third-order valence-electron chi connectivity index (χ3n) is 18.7. The highest BCUT2D eigenvalue weighted by molar-refractivity contribution is 6.14. The molecule has 18 rings (SSSR count). The highest BCUT2D eigenvalue weighted by Crippen LogP contribution is 2.62. The first kappa shape index (κ1) is 48.3. The summed E-state index contributed by atoms with van der Waals surface area (Å²) in [6.07, 6.45) is 0. The molecule has 0 N–H and O–H groups in total. The molecule has 0 radical (unpaired) electrons. The van der Waals surface area contributed by atoms with Gasteiger partial charge in [0.25, 0.3) is 0 Å². The average Bonchev–Trinajstić information content (AvgIpc) is 1.49. The van der Waals surface area contributed by atoms with E-state index in [4.69, 9.17) is 0 Å². The average molecular weight is 1090 g/mol. The van der Waals surface area contributed by atoms with E-state index in [0.717, 1.165) is 44.8 Å². The SMILES string of the molecule is c1ccc(-c2cccc(-c3ccccc3N(c3ccc(-c4ccc5c(c4)c4ccccc4n5-c4ccccc4)cc3)c3ccc(-c4ccc5c(c4)C4(c6ccccc6-5)c5ccccc5-n5c6ccccc6c6cccc4c65)c4ccccc34)c2)cc1. The summed E-state index contributed by atoms with van der Waals surface area (Å²) < 4.78 is 4.91. The summed E-state index contributed by atoms with van der Waals surface area (Å²) in [4.78, 5) is 2.49. The van der Waals surface area contributed by atoms with Crippen molar-refractivity contribution in [3.05, 3.63) is 344 Å². The molecule has 0 saturated carbocycles. The lowest BCUT2D eigenvalue weighted by Gasteiger charge is -2.39. The zero-order valence-corrected chi connectivity index (χ0v) is 46.9. The van der Waals surface area contributed by atoms with Gasteiger partial charge in [-0.05, 0) is 157 Å². The van der Waals surface area contributed by atoms with E-state index >= 15 is 0 Å². The van der Waals surface area contributed by atoms with Crippen LogP contribution in [0.4, 0.5) is 17.1 Å². The van der Waals surface area contributed by atoms with E-state index in [2.05, 4.69) is 336 Å². The monoisotopic (exact) mass is 1090 g/mol. The third-order valence-corrected chi connectivity index (χ3v) is 18.7. The first-order valence-electron chi connectivity index (χ1n) is 29.8. The zero-order valence-electron chi connectivity index (χ0n) is 46.9. The summed E-state index contributed by atoms with van der Waals surface area (Å²) in [5.74, 6) is 0. The minimum atomic E-state index is -0.560. The molecule has 2 aromatic heterocycles. The van der Waals surface area contributed by atoms with Crippen molar-refractivity contribution in [1.82, 2.24) is 9.13 Å². The second-order valence-corrected chi connectivity index (χ2v) is 23.1. The highest BCUT2D eigenvalue weighted by atomic mass is 15.1. The van der Waals surface area contributed by atoms with Crippen LogP contribution >= 0.6 is 0 Å². The molecule has 400 valence electrons. The van der Waals surface area contributed by atoms with Crippen molar-refractivity contribution >= 4 is 71.4 Å². The minimum Gasteiger partial charge on any atom is -0.309 e. The number of aromatic nitrogens is 2. The lowest BCUT2D eigenvalue weighted by molar-refractivity contribution is 0.749. The largest absolute Gasteiger partial charge is 0.309 e. The lowest BCUT2D eigenvalue weighted by Crippen LogP contribution is -2.33. The van der Waals surface area contributed by atoms with E-state index < -0.39 is 5.41 Å². The number of nitrogens with zero attached hydrogens (tertiary/aromatic N) is 3. The summed E-state index contributed by atoms with van der Waals surface area (Å²) in [7, 11) is 0. The molecule has 86 heavy (non-hydrogen) atoms. The van der Waals surface area contributed by atoms with Gasteiger partial charge < -0.3 is 14.0 Å². The molecular formula is C83H53N3. The van der Waals surface area contributed by atoms with Crippen LogP contribution in [0.3, 0.4) is 0 Å². The molecular weight excluding hydrogens is 1040 g/mol. The number of benzene rings is 14. The third kappa shape index (κ3) is 6.97. The van der Waals surface area contributed by atoms with Gasteiger partial charge in [-0.2, -0.15) is 0 Å². The molecule has 0 bridgehead atoms. The summed E-state index contributed by atoms with van der Waals surface area (Å²) in [5.41, 5.74) is 27.2. The van der Waals surface area contributed by atoms with Crippen molar-refractivity contribution in [3.8, 4) is 67.0 Å². The van der Waals surface area contributed by atoms with E-state index in [0.29, 0.717) is 0 Å². The second kappa shape index (κ2) is 18.9. The van der Waals surface area contributed by atoms with Crippen LogP contribution < -0.4 is 4.90 Å². The van der Waals surface area contributed by atoms with Crippen molar-refractivity contribution in [2.24, 2.45) is 0 Å². The molecule has 3 heterocycles. The van der Waals surface area contributed by atoms with Gasteiger partial charge >= 0.3 is 0 Å². The van der Waals surface area contributed by atoms with Crippen LogP contribution in [0, 0.1) is 0 Å². The number of fused-ring (bicyclic) bond motifs is 16. The van der Waals surface area contributed by atoms with Crippen molar-refractivity contribution in [2.75, 3.05) is 4.90 Å². The van der Waals surface area contributed by atoms with Gasteiger partial charge in [0.1, 0.15) is 0 Å². The van der Waals surface area contributed by atoms with E-state index in [1.807, 2.05) is 0 Å². The molecule has 1 atom stereocenters. The van der Waals surface area contributed by atoms with Crippen molar-refractivity contribution in [3.63, 3.8) is 0 Å². The van der Waals surface area contributed by atoms with Crippen LogP contribution in [0.5, 0.6) is 0 Å². The van der Waals surface area contributed by atoms with Gasteiger partial charge in [0.2, 0.25) is 0 Å². The Hall–Kier alpha value is -11.3. The number of para-hydroxylation sites is 6. The Morgan fingerprint density at radius 2 is 0.767 bits per heavy atom. The van der Waals surface area contributed by atoms with Gasteiger partial charge in [-0.1, -0.05) is 243 Å².